The van der Waals surface area contributed by atoms with E-state index >= 15 is 0 Å². The van der Waals surface area contributed by atoms with Crippen LogP contribution in [0, 0.1) is 0 Å². The van der Waals surface area contributed by atoms with E-state index in [-0.39, 0.29) is 22.8 Å². The molecule has 0 saturated carbocycles. The summed E-state index contributed by atoms with van der Waals surface area (Å²) in [6.07, 6.45) is -1.15. The van der Waals surface area contributed by atoms with Crippen LogP contribution in [0.2, 0.25) is 0 Å². The van der Waals surface area contributed by atoms with E-state index in [0.717, 1.165) is 0 Å². The minimum atomic E-state index is -1.15. The van der Waals surface area contributed by atoms with Crippen LogP contribution in [-0.2, 0) is 9.53 Å². The lowest BCUT2D eigenvalue weighted by Crippen LogP contribution is -2.30. The second-order valence-electron chi connectivity index (χ2n) is 5.49. The average Bonchev–Trinajstić information content (AvgIpc) is 2.61. The fourth-order valence-corrected chi connectivity index (χ4v) is 2.26. The highest BCUT2D eigenvalue weighted by molar-refractivity contribution is 6.05. The van der Waals surface area contributed by atoms with Crippen LogP contribution < -0.4 is 10.1 Å². The van der Waals surface area contributed by atoms with Crippen molar-refractivity contribution in [3.05, 3.63) is 53.6 Å². The van der Waals surface area contributed by atoms with Gasteiger partial charge in [-0.2, -0.15) is 0 Å². The maximum Gasteiger partial charge on any atom is 0.342 e. The Labute approximate surface area is 150 Å². The minimum absolute atomic E-state index is 0.117. The van der Waals surface area contributed by atoms with Gasteiger partial charge in [-0.15, -0.1) is 0 Å². The molecule has 0 heterocycles. The van der Waals surface area contributed by atoms with Gasteiger partial charge in [0.25, 0.3) is 5.91 Å². The lowest BCUT2D eigenvalue weighted by atomic mass is 10.1. The molecular formula is C19H19NO6. The Morgan fingerprint density at radius 3 is 2.35 bits per heavy atom. The van der Waals surface area contributed by atoms with Crippen LogP contribution in [0.5, 0.6) is 11.5 Å². The highest BCUT2D eigenvalue weighted by atomic mass is 16.5. The van der Waals surface area contributed by atoms with Crippen LogP contribution in [0.15, 0.2) is 42.5 Å². The van der Waals surface area contributed by atoms with E-state index in [4.69, 9.17) is 9.47 Å². The maximum absolute atomic E-state index is 12.3. The molecule has 0 spiro atoms. The van der Waals surface area contributed by atoms with Crippen LogP contribution in [0.3, 0.4) is 0 Å². The summed E-state index contributed by atoms with van der Waals surface area (Å²) in [5.41, 5.74) is 0.565. The molecule has 0 saturated heterocycles. The standard InChI is InChI=1S/C19H19NO6/c1-11(21)13-7-4-5-9-15(13)20-18(23)12(2)26-19(24)14-8-6-10-16(25-3)17(14)22/h4-10,12,22H,1-3H3,(H,20,23). The topological polar surface area (TPSA) is 102 Å². The summed E-state index contributed by atoms with van der Waals surface area (Å²) in [4.78, 5) is 36.1. The van der Waals surface area contributed by atoms with E-state index in [0.29, 0.717) is 11.3 Å². The number of Topliss-reactive ketones (excluding diaryl/α,β-unsaturated/α-hetero) is 1. The number of esters is 1. The summed E-state index contributed by atoms with van der Waals surface area (Å²) in [6, 6.07) is 10.9. The van der Waals surface area contributed by atoms with Crippen molar-refractivity contribution in [2.75, 3.05) is 12.4 Å². The predicted octanol–water partition coefficient (Wildman–Crippen LogP) is 2.79. The van der Waals surface area contributed by atoms with E-state index in [9.17, 15) is 19.5 Å². The molecule has 2 rings (SSSR count). The summed E-state index contributed by atoms with van der Waals surface area (Å²) < 4.78 is 10.0. The number of phenols is 1. The second-order valence-corrected chi connectivity index (χ2v) is 5.49. The average molecular weight is 357 g/mol. The number of aromatic hydroxyl groups is 1. The van der Waals surface area contributed by atoms with Gasteiger partial charge in [-0.05, 0) is 38.1 Å². The van der Waals surface area contributed by atoms with E-state index in [1.165, 1.54) is 39.2 Å². The Hall–Kier alpha value is -3.35. The summed E-state index contributed by atoms with van der Waals surface area (Å²) in [6.45, 7) is 2.78. The molecule has 2 N–H and O–H groups in total. The number of ketones is 1. The van der Waals surface area contributed by atoms with Gasteiger partial charge < -0.3 is 19.9 Å². The van der Waals surface area contributed by atoms with Gasteiger partial charge in [0.1, 0.15) is 5.56 Å². The smallest absolute Gasteiger partial charge is 0.342 e. The highest BCUT2D eigenvalue weighted by Crippen LogP contribution is 2.30. The number of ether oxygens (including phenoxy) is 2. The van der Waals surface area contributed by atoms with E-state index in [1.807, 2.05) is 0 Å². The molecule has 0 aromatic heterocycles. The number of anilines is 1. The van der Waals surface area contributed by atoms with E-state index in [1.54, 1.807) is 24.3 Å². The summed E-state index contributed by atoms with van der Waals surface area (Å²) in [7, 11) is 1.35. The number of carbonyl (C=O) groups excluding carboxylic acids is 3. The van der Waals surface area contributed by atoms with Crippen LogP contribution in [0.1, 0.15) is 34.6 Å². The molecule has 1 atom stereocenters. The molecule has 0 aliphatic heterocycles. The molecule has 1 amide bonds. The van der Waals surface area contributed by atoms with Gasteiger partial charge in [0.2, 0.25) is 0 Å². The van der Waals surface area contributed by atoms with Crippen molar-refractivity contribution in [1.29, 1.82) is 0 Å². The molecule has 0 bridgehead atoms. The predicted molar refractivity (Wildman–Crippen MR) is 94.6 cm³/mol. The Morgan fingerprint density at radius 2 is 1.69 bits per heavy atom. The maximum atomic E-state index is 12.3. The highest BCUT2D eigenvalue weighted by Gasteiger charge is 2.23. The fourth-order valence-electron chi connectivity index (χ4n) is 2.26. The Bertz CT molecular complexity index is 846. The van der Waals surface area contributed by atoms with Gasteiger partial charge in [0.15, 0.2) is 23.4 Å². The summed E-state index contributed by atoms with van der Waals surface area (Å²) in [5.74, 6) is -1.92. The quantitative estimate of drug-likeness (QED) is 0.609. The largest absolute Gasteiger partial charge is 0.504 e. The zero-order chi connectivity index (χ0) is 19.3. The first-order chi connectivity index (χ1) is 12.3. The van der Waals surface area contributed by atoms with E-state index in [2.05, 4.69) is 5.32 Å². The number of rotatable bonds is 6. The third-order valence-electron chi connectivity index (χ3n) is 3.66. The number of benzene rings is 2. The lowest BCUT2D eigenvalue weighted by molar-refractivity contribution is -0.123. The van der Waals surface area contributed by atoms with Crippen LogP contribution in [0.4, 0.5) is 5.69 Å². The van der Waals surface area contributed by atoms with Gasteiger partial charge >= 0.3 is 5.97 Å². The molecule has 0 fully saturated rings. The minimum Gasteiger partial charge on any atom is -0.504 e. The van der Waals surface area contributed by atoms with Crippen molar-refractivity contribution in [2.45, 2.75) is 20.0 Å². The van der Waals surface area contributed by atoms with Crippen molar-refractivity contribution < 1.29 is 29.0 Å². The molecule has 26 heavy (non-hydrogen) atoms. The van der Waals surface area contributed by atoms with Gasteiger partial charge in [0.05, 0.1) is 12.8 Å². The first-order valence-corrected chi connectivity index (χ1v) is 7.83. The molecule has 2 aromatic rings. The monoisotopic (exact) mass is 357 g/mol. The van der Waals surface area contributed by atoms with Gasteiger partial charge in [0, 0.05) is 5.56 Å². The number of methoxy groups -OCH3 is 1. The van der Waals surface area contributed by atoms with Crippen molar-refractivity contribution in [3.8, 4) is 11.5 Å². The SMILES string of the molecule is COc1cccc(C(=O)OC(C)C(=O)Nc2ccccc2C(C)=O)c1O. The van der Waals surface area contributed by atoms with Crippen molar-refractivity contribution >= 4 is 23.3 Å². The van der Waals surface area contributed by atoms with Crippen molar-refractivity contribution in [3.63, 3.8) is 0 Å². The first-order valence-electron chi connectivity index (χ1n) is 7.83. The van der Waals surface area contributed by atoms with Gasteiger partial charge in [-0.3, -0.25) is 9.59 Å². The number of hydrogen-bond acceptors (Lipinski definition) is 6. The molecule has 2 aromatic carbocycles. The number of hydrogen-bond donors (Lipinski definition) is 2. The van der Waals surface area contributed by atoms with Crippen molar-refractivity contribution in [1.82, 2.24) is 0 Å². The summed E-state index contributed by atoms with van der Waals surface area (Å²) >= 11 is 0. The van der Waals surface area contributed by atoms with E-state index < -0.39 is 18.0 Å². The molecule has 136 valence electrons. The Morgan fingerprint density at radius 1 is 1.04 bits per heavy atom. The zero-order valence-electron chi connectivity index (χ0n) is 14.6. The number of phenolic OH excluding ortho intramolecular Hbond substituents is 1. The number of nitrogens with one attached hydrogen (secondary N) is 1. The van der Waals surface area contributed by atoms with Crippen LogP contribution >= 0.6 is 0 Å². The fraction of sp³-hybridized carbons (Fsp3) is 0.211. The van der Waals surface area contributed by atoms with Gasteiger partial charge in [-0.1, -0.05) is 18.2 Å². The third-order valence-corrected chi connectivity index (χ3v) is 3.66. The molecule has 7 heteroatoms. The van der Waals surface area contributed by atoms with Crippen LogP contribution in [-0.4, -0.2) is 36.0 Å². The Kier molecular flexibility index (Phi) is 5.95. The zero-order valence-corrected chi connectivity index (χ0v) is 14.6. The third kappa shape index (κ3) is 4.18. The molecular weight excluding hydrogens is 338 g/mol. The first kappa shape index (κ1) is 19.0. The molecule has 0 aliphatic carbocycles. The van der Waals surface area contributed by atoms with Crippen molar-refractivity contribution in [2.24, 2.45) is 0 Å². The normalized spacial score (nSPS) is 11.3. The van der Waals surface area contributed by atoms with Crippen LogP contribution in [0.25, 0.3) is 0 Å². The second kappa shape index (κ2) is 8.15. The molecule has 7 nitrogen and oxygen atoms in total. The molecule has 1 unspecified atom stereocenters. The number of carbonyl (C=O) groups is 3. The molecule has 0 radical (unpaired) electrons. The number of amides is 1. The number of para-hydroxylation sites is 2. The van der Waals surface area contributed by atoms with Gasteiger partial charge in [-0.25, -0.2) is 4.79 Å². The molecule has 0 aliphatic rings. The Balaban J connectivity index is 2.10. The lowest BCUT2D eigenvalue weighted by Gasteiger charge is -2.15. The summed E-state index contributed by atoms with van der Waals surface area (Å²) in [5, 5.41) is 12.5.